The third kappa shape index (κ3) is 4.22. The number of H-pyrrole nitrogens is 1. The molecule has 0 radical (unpaired) electrons. The van der Waals surface area contributed by atoms with E-state index in [2.05, 4.69) is 16.9 Å². The van der Waals surface area contributed by atoms with Crippen LogP contribution in [0.25, 0.3) is 10.9 Å². The van der Waals surface area contributed by atoms with Crippen molar-refractivity contribution in [1.29, 1.82) is 0 Å². The fourth-order valence-corrected chi connectivity index (χ4v) is 4.62. The number of hydrogen-bond acceptors (Lipinski definition) is 5. The molecule has 34 heavy (non-hydrogen) atoms. The lowest BCUT2D eigenvalue weighted by Crippen LogP contribution is -2.37. The van der Waals surface area contributed by atoms with Crippen LogP contribution in [0.4, 0.5) is 5.69 Å². The summed E-state index contributed by atoms with van der Waals surface area (Å²) < 4.78 is 10.9. The van der Waals surface area contributed by atoms with Gasteiger partial charge in [-0.1, -0.05) is 18.2 Å². The molecule has 1 atom stereocenters. The molecule has 0 aliphatic carbocycles. The van der Waals surface area contributed by atoms with Crippen LogP contribution < -0.4 is 14.8 Å². The molecule has 2 aromatic carbocycles. The highest BCUT2D eigenvalue weighted by molar-refractivity contribution is 7.80. The van der Waals surface area contributed by atoms with Gasteiger partial charge in [0.15, 0.2) is 16.6 Å². The lowest BCUT2D eigenvalue weighted by atomic mass is 10.1. The molecule has 2 aliphatic heterocycles. The van der Waals surface area contributed by atoms with Crippen molar-refractivity contribution in [3.8, 4) is 11.5 Å². The largest absolute Gasteiger partial charge is 0.454 e. The molecule has 174 valence electrons. The van der Waals surface area contributed by atoms with Crippen molar-refractivity contribution in [3.63, 3.8) is 0 Å². The third-order valence-electron chi connectivity index (χ3n) is 5.97. The Balaban J connectivity index is 1.35. The van der Waals surface area contributed by atoms with Gasteiger partial charge < -0.3 is 24.7 Å². The van der Waals surface area contributed by atoms with Crippen LogP contribution in [0.2, 0.25) is 0 Å². The smallest absolute Gasteiger partial charge is 0.252 e. The first-order valence-electron chi connectivity index (χ1n) is 11.0. The van der Waals surface area contributed by atoms with Crippen LogP contribution in [0, 0.1) is 0 Å². The zero-order valence-corrected chi connectivity index (χ0v) is 19.3. The Kier molecular flexibility index (Phi) is 5.93. The van der Waals surface area contributed by atoms with Crippen LogP contribution in [0.3, 0.4) is 0 Å². The lowest BCUT2D eigenvalue weighted by molar-refractivity contribution is -0.130. The van der Waals surface area contributed by atoms with Crippen LogP contribution in [-0.4, -0.2) is 51.1 Å². The van der Waals surface area contributed by atoms with E-state index in [9.17, 15) is 9.59 Å². The fraction of sp³-hybridized carbons (Fsp3) is 0.240. The summed E-state index contributed by atoms with van der Waals surface area (Å²) in [5, 5.41) is 4.38. The van der Waals surface area contributed by atoms with Crippen LogP contribution in [0.1, 0.15) is 18.4 Å². The van der Waals surface area contributed by atoms with Crippen molar-refractivity contribution in [1.82, 2.24) is 14.8 Å². The van der Waals surface area contributed by atoms with Crippen molar-refractivity contribution in [2.45, 2.75) is 25.4 Å². The number of ether oxygens (including phenoxy) is 2. The SMILES string of the molecule is C=CCCN1C(=O)C(CC(=O)Nc2ccc3cc[nH]c3c2)N(Cc2ccc3c(c2)OCO3)C1=S. The topological polar surface area (TPSA) is 86.9 Å². The number of carbonyl (C=O) groups is 2. The van der Waals surface area contributed by atoms with E-state index in [1.807, 2.05) is 53.6 Å². The van der Waals surface area contributed by atoms with Gasteiger partial charge in [0.05, 0.1) is 6.42 Å². The average Bonchev–Trinajstić information content (AvgIpc) is 3.53. The van der Waals surface area contributed by atoms with Crippen LogP contribution in [-0.2, 0) is 16.1 Å². The number of anilines is 1. The van der Waals surface area contributed by atoms with Gasteiger partial charge in [-0.05, 0) is 59.9 Å². The van der Waals surface area contributed by atoms with Gasteiger partial charge in [0, 0.05) is 30.5 Å². The van der Waals surface area contributed by atoms with Gasteiger partial charge in [-0.15, -0.1) is 6.58 Å². The monoisotopic (exact) mass is 476 g/mol. The van der Waals surface area contributed by atoms with Gasteiger partial charge in [0.1, 0.15) is 6.04 Å². The summed E-state index contributed by atoms with van der Waals surface area (Å²) in [7, 11) is 0. The minimum atomic E-state index is -0.697. The highest BCUT2D eigenvalue weighted by atomic mass is 32.1. The first kappa shape index (κ1) is 22.0. The molecular formula is C25H24N4O4S. The molecule has 1 saturated heterocycles. The molecule has 0 saturated carbocycles. The molecule has 3 aromatic rings. The number of nitrogens with zero attached hydrogens (tertiary/aromatic N) is 2. The Bertz CT molecular complexity index is 1290. The molecule has 5 rings (SSSR count). The second-order valence-corrected chi connectivity index (χ2v) is 8.58. The second-order valence-electron chi connectivity index (χ2n) is 8.21. The summed E-state index contributed by atoms with van der Waals surface area (Å²) in [6.45, 7) is 4.73. The predicted octanol–water partition coefficient (Wildman–Crippen LogP) is 3.80. The highest BCUT2D eigenvalue weighted by Gasteiger charge is 2.43. The quantitative estimate of drug-likeness (QED) is 0.380. The zero-order chi connectivity index (χ0) is 23.7. The Morgan fingerprint density at radius 2 is 2.06 bits per heavy atom. The molecule has 2 N–H and O–H groups in total. The summed E-state index contributed by atoms with van der Waals surface area (Å²) in [6.07, 6.45) is 4.19. The molecule has 0 bridgehead atoms. The predicted molar refractivity (Wildman–Crippen MR) is 133 cm³/mol. The summed E-state index contributed by atoms with van der Waals surface area (Å²) in [5.41, 5.74) is 2.50. The normalized spacial score (nSPS) is 17.0. The van der Waals surface area contributed by atoms with E-state index in [0.717, 1.165) is 16.5 Å². The Hall–Kier alpha value is -3.85. The Morgan fingerprint density at radius 1 is 1.21 bits per heavy atom. The Morgan fingerprint density at radius 3 is 2.91 bits per heavy atom. The summed E-state index contributed by atoms with van der Waals surface area (Å²) in [5.74, 6) is 0.911. The number of rotatable bonds is 8. The third-order valence-corrected chi connectivity index (χ3v) is 6.42. The number of hydrogen-bond donors (Lipinski definition) is 2. The van der Waals surface area contributed by atoms with Crippen molar-refractivity contribution in [2.24, 2.45) is 0 Å². The van der Waals surface area contributed by atoms with E-state index in [1.165, 1.54) is 0 Å². The summed E-state index contributed by atoms with van der Waals surface area (Å²) >= 11 is 5.66. The van der Waals surface area contributed by atoms with Crippen LogP contribution in [0.15, 0.2) is 61.3 Å². The number of nitrogens with one attached hydrogen (secondary N) is 2. The van der Waals surface area contributed by atoms with E-state index in [0.29, 0.717) is 41.8 Å². The van der Waals surface area contributed by atoms with Crippen molar-refractivity contribution in [3.05, 3.63) is 66.9 Å². The van der Waals surface area contributed by atoms with Gasteiger partial charge in [-0.3, -0.25) is 14.5 Å². The molecule has 1 unspecified atom stereocenters. The number of benzene rings is 2. The Labute approximate surface area is 202 Å². The number of carbonyl (C=O) groups excluding carboxylic acids is 2. The minimum Gasteiger partial charge on any atom is -0.454 e. The van der Waals surface area contributed by atoms with Crippen LogP contribution >= 0.6 is 12.2 Å². The molecule has 2 amide bonds. The zero-order valence-electron chi connectivity index (χ0n) is 18.5. The van der Waals surface area contributed by atoms with E-state index in [1.54, 1.807) is 11.0 Å². The number of fused-ring (bicyclic) bond motifs is 2. The van der Waals surface area contributed by atoms with Crippen LogP contribution in [0.5, 0.6) is 11.5 Å². The van der Waals surface area contributed by atoms with E-state index < -0.39 is 6.04 Å². The first-order valence-corrected chi connectivity index (χ1v) is 11.4. The number of thiocarbonyl (C=S) groups is 1. The maximum Gasteiger partial charge on any atom is 0.252 e. The molecule has 1 aromatic heterocycles. The fourth-order valence-electron chi connectivity index (χ4n) is 4.25. The van der Waals surface area contributed by atoms with Gasteiger partial charge in [0.25, 0.3) is 5.91 Å². The molecule has 0 spiro atoms. The molecular weight excluding hydrogens is 452 g/mol. The van der Waals surface area contributed by atoms with Crippen molar-refractivity contribution in [2.75, 3.05) is 18.7 Å². The van der Waals surface area contributed by atoms with Crippen molar-refractivity contribution >= 4 is 45.7 Å². The molecule has 3 heterocycles. The standard InChI is InChI=1S/C25H24N4O4S/c1-2-3-10-28-24(31)20(13-23(30)27-18-6-5-17-8-9-26-19(17)12-18)29(25(28)34)14-16-4-7-21-22(11-16)33-15-32-21/h2,4-9,11-12,20,26H,1,3,10,13-15H2,(H,27,30). The average molecular weight is 477 g/mol. The number of aromatic amines is 1. The summed E-state index contributed by atoms with van der Waals surface area (Å²) in [6, 6.07) is 12.5. The van der Waals surface area contributed by atoms with Gasteiger partial charge >= 0.3 is 0 Å². The minimum absolute atomic E-state index is 0.0170. The van der Waals surface area contributed by atoms with E-state index in [-0.39, 0.29) is 25.0 Å². The van der Waals surface area contributed by atoms with Gasteiger partial charge in [0.2, 0.25) is 12.7 Å². The number of aromatic nitrogens is 1. The molecule has 8 nitrogen and oxygen atoms in total. The van der Waals surface area contributed by atoms with Gasteiger partial charge in [-0.2, -0.15) is 0 Å². The molecule has 9 heteroatoms. The highest BCUT2D eigenvalue weighted by Crippen LogP contribution is 2.34. The van der Waals surface area contributed by atoms with E-state index >= 15 is 0 Å². The lowest BCUT2D eigenvalue weighted by Gasteiger charge is -2.24. The maximum absolute atomic E-state index is 13.3. The molecule has 2 aliphatic rings. The van der Waals surface area contributed by atoms with Crippen molar-refractivity contribution < 1.29 is 19.1 Å². The van der Waals surface area contributed by atoms with E-state index in [4.69, 9.17) is 21.7 Å². The second kappa shape index (κ2) is 9.18. The maximum atomic E-state index is 13.3. The van der Waals surface area contributed by atoms with Gasteiger partial charge in [-0.25, -0.2) is 0 Å². The first-order chi connectivity index (χ1) is 16.5. The summed E-state index contributed by atoms with van der Waals surface area (Å²) in [4.78, 5) is 32.7. The number of amides is 2. The molecule has 1 fully saturated rings.